The van der Waals surface area contributed by atoms with Crippen LogP contribution in [0.5, 0.6) is 11.5 Å². The van der Waals surface area contributed by atoms with E-state index in [9.17, 15) is 4.79 Å². The van der Waals surface area contributed by atoms with Gasteiger partial charge in [0.05, 0.1) is 31.7 Å². The second kappa shape index (κ2) is 5.23. The summed E-state index contributed by atoms with van der Waals surface area (Å²) in [7, 11) is 3.14. The average Bonchev–Trinajstić information content (AvgIpc) is 2.49. The summed E-state index contributed by atoms with van der Waals surface area (Å²) in [6.07, 6.45) is 5.14. The molecule has 0 bridgehead atoms. The minimum absolute atomic E-state index is 0.130. The van der Waals surface area contributed by atoms with Gasteiger partial charge in [-0.25, -0.2) is 4.98 Å². The van der Waals surface area contributed by atoms with Crippen molar-refractivity contribution in [3.8, 4) is 11.5 Å². The Morgan fingerprint density at radius 2 is 1.96 bits per heavy atom. The highest BCUT2D eigenvalue weighted by atomic mass is 16.5. The largest absolute Gasteiger partial charge is 0.493 e. The lowest BCUT2D eigenvalue weighted by molar-refractivity contribution is -0.0803. The predicted octanol–water partition coefficient (Wildman–Crippen LogP) is 2.07. The van der Waals surface area contributed by atoms with Crippen LogP contribution in [0.15, 0.2) is 16.9 Å². The van der Waals surface area contributed by atoms with Gasteiger partial charge in [0.1, 0.15) is 5.82 Å². The summed E-state index contributed by atoms with van der Waals surface area (Å²) in [5, 5.41) is 0.522. The van der Waals surface area contributed by atoms with Crippen molar-refractivity contribution in [2.45, 2.75) is 37.8 Å². The second-order valence-electron chi connectivity index (χ2n) is 6.49. The number of likely N-dealkylation sites (tertiary alicyclic amines) is 1. The number of H-pyrrole nitrogens is 1. The van der Waals surface area contributed by atoms with Gasteiger partial charge in [0.2, 0.25) is 0 Å². The Balaban J connectivity index is 1.70. The van der Waals surface area contributed by atoms with E-state index >= 15 is 0 Å². The van der Waals surface area contributed by atoms with Crippen molar-refractivity contribution in [3.05, 3.63) is 28.3 Å². The Labute approximate surface area is 134 Å². The van der Waals surface area contributed by atoms with Gasteiger partial charge in [-0.15, -0.1) is 0 Å². The van der Waals surface area contributed by atoms with Crippen LogP contribution in [0.1, 0.15) is 31.5 Å². The molecule has 1 saturated carbocycles. The summed E-state index contributed by atoms with van der Waals surface area (Å²) < 4.78 is 10.6. The quantitative estimate of drug-likeness (QED) is 0.935. The summed E-state index contributed by atoms with van der Waals surface area (Å²) in [5.41, 5.74) is 0.907. The Morgan fingerprint density at radius 3 is 2.52 bits per heavy atom. The van der Waals surface area contributed by atoms with Crippen LogP contribution in [0, 0.1) is 0 Å². The maximum Gasteiger partial charge on any atom is 0.258 e. The molecule has 4 rings (SSSR count). The first-order valence-electron chi connectivity index (χ1n) is 8.05. The Hall–Kier alpha value is -2.08. The van der Waals surface area contributed by atoms with Gasteiger partial charge < -0.3 is 14.5 Å². The van der Waals surface area contributed by atoms with Gasteiger partial charge in [0.15, 0.2) is 11.5 Å². The molecular formula is C17H21N3O3. The van der Waals surface area contributed by atoms with Gasteiger partial charge in [0.25, 0.3) is 5.56 Å². The van der Waals surface area contributed by atoms with Crippen molar-refractivity contribution < 1.29 is 9.47 Å². The molecule has 1 saturated heterocycles. The van der Waals surface area contributed by atoms with Gasteiger partial charge in [-0.2, -0.15) is 0 Å². The van der Waals surface area contributed by atoms with E-state index < -0.39 is 0 Å². The molecule has 2 fully saturated rings. The monoisotopic (exact) mass is 315 g/mol. The van der Waals surface area contributed by atoms with Crippen LogP contribution in [-0.2, 0) is 6.54 Å². The number of hydrogen-bond acceptors (Lipinski definition) is 5. The van der Waals surface area contributed by atoms with Crippen LogP contribution < -0.4 is 15.0 Å². The molecule has 1 spiro atoms. The van der Waals surface area contributed by atoms with Gasteiger partial charge in [-0.1, -0.05) is 0 Å². The zero-order valence-corrected chi connectivity index (χ0v) is 13.5. The molecule has 0 atom stereocenters. The number of nitrogens with one attached hydrogen (secondary N) is 1. The van der Waals surface area contributed by atoms with Crippen LogP contribution >= 0.6 is 0 Å². The molecule has 1 aliphatic heterocycles. The SMILES string of the molecule is COc1cc2nc(CN3CCC34CCC4)[nH]c(=O)c2cc1OC. The van der Waals surface area contributed by atoms with E-state index in [1.54, 1.807) is 26.4 Å². The molecule has 2 aliphatic rings. The van der Waals surface area contributed by atoms with Crippen LogP contribution in [0.3, 0.4) is 0 Å². The van der Waals surface area contributed by atoms with Crippen LogP contribution in [-0.4, -0.2) is 41.2 Å². The lowest BCUT2D eigenvalue weighted by Gasteiger charge is -2.58. The number of rotatable bonds is 4. The smallest absolute Gasteiger partial charge is 0.258 e. The second-order valence-corrected chi connectivity index (χ2v) is 6.49. The third-order valence-corrected chi connectivity index (χ3v) is 5.40. The number of methoxy groups -OCH3 is 2. The summed E-state index contributed by atoms with van der Waals surface area (Å²) in [4.78, 5) is 22.4. The molecule has 122 valence electrons. The molecule has 6 nitrogen and oxygen atoms in total. The topological polar surface area (TPSA) is 67.5 Å². The van der Waals surface area contributed by atoms with Gasteiger partial charge >= 0.3 is 0 Å². The van der Waals surface area contributed by atoms with Crippen LogP contribution in [0.2, 0.25) is 0 Å². The summed E-state index contributed by atoms with van der Waals surface area (Å²) in [6.45, 7) is 1.80. The number of aromatic amines is 1. The minimum atomic E-state index is -0.130. The molecule has 0 amide bonds. The first kappa shape index (κ1) is 14.5. The molecule has 1 aromatic heterocycles. The van der Waals surface area contributed by atoms with Gasteiger partial charge in [-0.3, -0.25) is 9.69 Å². The normalized spacial score (nSPS) is 19.4. The molecule has 6 heteroatoms. The zero-order chi connectivity index (χ0) is 16.0. The summed E-state index contributed by atoms with van der Waals surface area (Å²) in [5.74, 6) is 1.85. The number of nitrogens with zero attached hydrogens (tertiary/aromatic N) is 2. The molecule has 1 aromatic carbocycles. The van der Waals surface area contributed by atoms with Gasteiger partial charge in [0, 0.05) is 18.2 Å². The van der Waals surface area contributed by atoms with Gasteiger partial charge in [-0.05, 0) is 31.7 Å². The molecule has 2 heterocycles. The van der Waals surface area contributed by atoms with E-state index in [0.717, 1.165) is 12.4 Å². The number of benzene rings is 1. The predicted molar refractivity (Wildman–Crippen MR) is 87.1 cm³/mol. The Kier molecular flexibility index (Phi) is 3.30. The van der Waals surface area contributed by atoms with Crippen molar-refractivity contribution >= 4 is 10.9 Å². The summed E-state index contributed by atoms with van der Waals surface area (Å²) >= 11 is 0. The number of hydrogen-bond donors (Lipinski definition) is 1. The summed E-state index contributed by atoms with van der Waals surface area (Å²) in [6, 6.07) is 3.45. The van der Waals surface area contributed by atoms with Crippen LogP contribution in [0.25, 0.3) is 10.9 Å². The average molecular weight is 315 g/mol. The fraction of sp³-hybridized carbons (Fsp3) is 0.529. The van der Waals surface area contributed by atoms with Crippen molar-refractivity contribution in [3.63, 3.8) is 0 Å². The Bertz CT molecular complexity index is 805. The first-order chi connectivity index (χ1) is 11.1. The number of fused-ring (bicyclic) bond motifs is 1. The van der Waals surface area contributed by atoms with E-state index in [1.165, 1.54) is 25.7 Å². The Morgan fingerprint density at radius 1 is 1.22 bits per heavy atom. The third kappa shape index (κ3) is 2.20. The molecule has 1 N–H and O–H groups in total. The van der Waals surface area contributed by atoms with E-state index in [1.807, 2.05) is 0 Å². The molecule has 2 aromatic rings. The molecular weight excluding hydrogens is 294 g/mol. The lowest BCUT2D eigenvalue weighted by Crippen LogP contribution is -2.63. The fourth-order valence-electron chi connectivity index (χ4n) is 3.75. The van der Waals surface area contributed by atoms with Crippen molar-refractivity contribution in [1.29, 1.82) is 0 Å². The van der Waals surface area contributed by atoms with Crippen molar-refractivity contribution in [2.75, 3.05) is 20.8 Å². The van der Waals surface area contributed by atoms with Crippen molar-refractivity contribution in [1.82, 2.24) is 14.9 Å². The standard InChI is InChI=1S/C17H21N3O3/c1-22-13-8-11-12(9-14(13)23-2)18-15(19-16(11)21)10-20-7-6-17(20)4-3-5-17/h8-9H,3-7,10H2,1-2H3,(H,18,19,21). The first-order valence-corrected chi connectivity index (χ1v) is 8.05. The fourth-order valence-corrected chi connectivity index (χ4v) is 3.75. The highest BCUT2D eigenvalue weighted by Gasteiger charge is 2.48. The minimum Gasteiger partial charge on any atom is -0.493 e. The van der Waals surface area contributed by atoms with Crippen LogP contribution in [0.4, 0.5) is 0 Å². The van der Waals surface area contributed by atoms with E-state index in [4.69, 9.17) is 9.47 Å². The van der Waals surface area contributed by atoms with E-state index in [-0.39, 0.29) is 5.56 Å². The highest BCUT2D eigenvalue weighted by Crippen LogP contribution is 2.47. The van der Waals surface area contributed by atoms with E-state index in [2.05, 4.69) is 14.9 Å². The lowest BCUT2D eigenvalue weighted by atomic mass is 9.68. The number of aromatic nitrogens is 2. The maximum absolute atomic E-state index is 12.4. The molecule has 1 aliphatic carbocycles. The number of ether oxygens (including phenoxy) is 2. The van der Waals surface area contributed by atoms with E-state index in [0.29, 0.717) is 34.5 Å². The molecule has 23 heavy (non-hydrogen) atoms. The third-order valence-electron chi connectivity index (χ3n) is 5.40. The maximum atomic E-state index is 12.4. The molecule has 0 unspecified atom stereocenters. The zero-order valence-electron chi connectivity index (χ0n) is 13.5. The molecule has 0 radical (unpaired) electrons. The van der Waals surface area contributed by atoms with Crippen molar-refractivity contribution in [2.24, 2.45) is 0 Å². The highest BCUT2D eigenvalue weighted by molar-refractivity contribution is 5.81.